The Balaban J connectivity index is 2.26. The second-order valence-electron chi connectivity index (χ2n) is 3.79. The largest absolute Gasteiger partial charge is 0.508 e. The number of anilines is 2. The second kappa shape index (κ2) is 5.26. The first-order valence-corrected chi connectivity index (χ1v) is 5.50. The molecule has 0 spiro atoms. The maximum Gasteiger partial charge on any atom is 0.261 e. The fraction of sp³-hybridized carbons (Fsp3) is 0.0769. The predicted octanol–water partition coefficient (Wildman–Crippen LogP) is 1.63. The summed E-state index contributed by atoms with van der Waals surface area (Å²) in [6, 6.07) is 7.54. The molecular formula is C13H13N3O3. The molecule has 0 bridgehead atoms. The van der Waals surface area contributed by atoms with Crippen LogP contribution in [0.5, 0.6) is 11.6 Å². The number of ether oxygens (including phenoxy) is 1. The topological polar surface area (TPSA) is 97.5 Å². The van der Waals surface area contributed by atoms with Gasteiger partial charge >= 0.3 is 0 Å². The third-order valence-corrected chi connectivity index (χ3v) is 2.49. The SMILES string of the molecule is COc1ncccc1C(=O)Nc1ccc(O)cc1N. The normalized spacial score (nSPS) is 9.95. The molecule has 1 amide bonds. The van der Waals surface area contributed by atoms with Crippen LogP contribution < -0.4 is 15.8 Å². The Bertz CT molecular complexity index is 614. The first kappa shape index (κ1) is 12.7. The van der Waals surface area contributed by atoms with E-state index in [9.17, 15) is 9.90 Å². The van der Waals surface area contributed by atoms with Crippen molar-refractivity contribution >= 4 is 17.3 Å². The summed E-state index contributed by atoms with van der Waals surface area (Å²) in [5, 5.41) is 11.9. The Morgan fingerprint density at radius 2 is 2.21 bits per heavy atom. The van der Waals surface area contributed by atoms with Crippen molar-refractivity contribution in [2.45, 2.75) is 0 Å². The molecule has 1 aromatic carbocycles. The molecule has 0 aliphatic carbocycles. The third kappa shape index (κ3) is 2.74. The number of hydrogen-bond acceptors (Lipinski definition) is 5. The first-order chi connectivity index (χ1) is 9.11. The van der Waals surface area contributed by atoms with Crippen molar-refractivity contribution in [3.05, 3.63) is 42.1 Å². The minimum Gasteiger partial charge on any atom is -0.508 e. The molecule has 1 heterocycles. The van der Waals surface area contributed by atoms with Gasteiger partial charge < -0.3 is 20.9 Å². The third-order valence-electron chi connectivity index (χ3n) is 2.49. The van der Waals surface area contributed by atoms with E-state index < -0.39 is 0 Å². The number of carbonyl (C=O) groups excluding carboxylic acids is 1. The van der Waals surface area contributed by atoms with Gasteiger partial charge in [-0.3, -0.25) is 4.79 Å². The fourth-order valence-electron chi connectivity index (χ4n) is 1.58. The number of amides is 1. The van der Waals surface area contributed by atoms with Gasteiger partial charge in [0, 0.05) is 12.3 Å². The molecule has 2 rings (SSSR count). The van der Waals surface area contributed by atoms with Gasteiger partial charge in [0.1, 0.15) is 11.3 Å². The number of nitrogens with zero attached hydrogens (tertiary/aromatic N) is 1. The van der Waals surface area contributed by atoms with Gasteiger partial charge in [-0.25, -0.2) is 4.98 Å². The van der Waals surface area contributed by atoms with Crippen LogP contribution in [-0.4, -0.2) is 23.1 Å². The summed E-state index contributed by atoms with van der Waals surface area (Å²) in [5.74, 6) is -0.117. The molecule has 0 saturated carbocycles. The highest BCUT2D eigenvalue weighted by Crippen LogP contribution is 2.24. The smallest absolute Gasteiger partial charge is 0.261 e. The lowest BCUT2D eigenvalue weighted by molar-refractivity contribution is 0.102. The van der Waals surface area contributed by atoms with E-state index in [1.807, 2.05) is 0 Å². The summed E-state index contributed by atoms with van der Waals surface area (Å²) in [7, 11) is 1.44. The Kier molecular flexibility index (Phi) is 3.51. The van der Waals surface area contributed by atoms with Crippen LogP contribution >= 0.6 is 0 Å². The van der Waals surface area contributed by atoms with Gasteiger partial charge in [0.2, 0.25) is 5.88 Å². The number of methoxy groups -OCH3 is 1. The van der Waals surface area contributed by atoms with Crippen LogP contribution in [0.25, 0.3) is 0 Å². The molecular weight excluding hydrogens is 246 g/mol. The van der Waals surface area contributed by atoms with Crippen LogP contribution in [0.15, 0.2) is 36.5 Å². The molecule has 0 aliphatic heterocycles. The quantitative estimate of drug-likeness (QED) is 0.575. The van der Waals surface area contributed by atoms with Crippen LogP contribution in [0, 0.1) is 0 Å². The number of phenols is 1. The molecule has 0 aliphatic rings. The van der Waals surface area contributed by atoms with Crippen LogP contribution in [-0.2, 0) is 0 Å². The highest BCUT2D eigenvalue weighted by molar-refractivity contribution is 6.07. The Morgan fingerprint density at radius 3 is 2.89 bits per heavy atom. The molecule has 0 unspecified atom stereocenters. The van der Waals surface area contributed by atoms with Crippen molar-refractivity contribution in [3.63, 3.8) is 0 Å². The van der Waals surface area contributed by atoms with Crippen LogP contribution in [0.2, 0.25) is 0 Å². The van der Waals surface area contributed by atoms with Gasteiger partial charge in [0.05, 0.1) is 18.5 Å². The van der Waals surface area contributed by atoms with Crippen LogP contribution in [0.3, 0.4) is 0 Å². The van der Waals surface area contributed by atoms with E-state index >= 15 is 0 Å². The number of phenolic OH excluding ortho intramolecular Hbond substituents is 1. The monoisotopic (exact) mass is 259 g/mol. The Hall–Kier alpha value is -2.76. The minimum atomic E-state index is -0.387. The number of rotatable bonds is 3. The Morgan fingerprint density at radius 1 is 1.42 bits per heavy atom. The molecule has 0 atom stereocenters. The molecule has 6 heteroatoms. The van der Waals surface area contributed by atoms with E-state index in [2.05, 4.69) is 10.3 Å². The van der Waals surface area contributed by atoms with Crippen molar-refractivity contribution < 1.29 is 14.6 Å². The van der Waals surface area contributed by atoms with Gasteiger partial charge in [-0.1, -0.05) is 0 Å². The van der Waals surface area contributed by atoms with Gasteiger partial charge in [0.15, 0.2) is 0 Å². The molecule has 6 nitrogen and oxygen atoms in total. The van der Waals surface area contributed by atoms with Gasteiger partial charge in [-0.15, -0.1) is 0 Å². The minimum absolute atomic E-state index is 0.0365. The predicted molar refractivity (Wildman–Crippen MR) is 71.3 cm³/mol. The maximum atomic E-state index is 12.1. The van der Waals surface area contributed by atoms with Crippen molar-refractivity contribution in [2.75, 3.05) is 18.2 Å². The number of pyridine rings is 1. The summed E-state index contributed by atoms with van der Waals surface area (Å²) in [5.41, 5.74) is 6.69. The van der Waals surface area contributed by atoms with Crippen molar-refractivity contribution in [1.29, 1.82) is 0 Å². The fourth-order valence-corrected chi connectivity index (χ4v) is 1.58. The summed E-state index contributed by atoms with van der Waals surface area (Å²) in [6.45, 7) is 0. The van der Waals surface area contributed by atoms with E-state index in [1.54, 1.807) is 12.1 Å². The highest BCUT2D eigenvalue weighted by Gasteiger charge is 2.14. The van der Waals surface area contributed by atoms with Gasteiger partial charge in [0.25, 0.3) is 5.91 Å². The van der Waals surface area contributed by atoms with Crippen LogP contribution in [0.4, 0.5) is 11.4 Å². The van der Waals surface area contributed by atoms with Gasteiger partial charge in [-0.2, -0.15) is 0 Å². The molecule has 2 aromatic rings. The van der Waals surface area contributed by atoms with Gasteiger partial charge in [-0.05, 0) is 24.3 Å². The zero-order chi connectivity index (χ0) is 13.8. The van der Waals surface area contributed by atoms with E-state index in [-0.39, 0.29) is 23.2 Å². The summed E-state index contributed by atoms with van der Waals surface area (Å²) >= 11 is 0. The number of aromatic nitrogens is 1. The maximum absolute atomic E-state index is 12.1. The van der Waals surface area contributed by atoms with E-state index in [0.717, 1.165) is 0 Å². The number of nitrogen functional groups attached to an aromatic ring is 1. The summed E-state index contributed by atoms with van der Waals surface area (Å²) in [6.07, 6.45) is 1.53. The van der Waals surface area contributed by atoms with Crippen molar-refractivity contribution in [1.82, 2.24) is 4.98 Å². The number of nitrogens with one attached hydrogen (secondary N) is 1. The lowest BCUT2D eigenvalue weighted by atomic mass is 10.2. The Labute approximate surface area is 109 Å². The molecule has 0 radical (unpaired) electrons. The zero-order valence-corrected chi connectivity index (χ0v) is 10.3. The lowest BCUT2D eigenvalue weighted by Gasteiger charge is -2.10. The average molecular weight is 259 g/mol. The number of nitrogens with two attached hydrogens (primary N) is 1. The standard InChI is InChI=1S/C13H13N3O3/c1-19-13-9(3-2-6-15-13)12(18)16-11-5-4-8(17)7-10(11)14/h2-7,17H,14H2,1H3,(H,16,18). The van der Waals surface area contributed by atoms with E-state index in [4.69, 9.17) is 10.5 Å². The lowest BCUT2D eigenvalue weighted by Crippen LogP contribution is -2.14. The molecule has 19 heavy (non-hydrogen) atoms. The molecule has 0 saturated heterocycles. The number of aromatic hydroxyl groups is 1. The van der Waals surface area contributed by atoms with Crippen molar-refractivity contribution in [2.24, 2.45) is 0 Å². The highest BCUT2D eigenvalue weighted by atomic mass is 16.5. The molecule has 1 aromatic heterocycles. The molecule has 0 fully saturated rings. The second-order valence-corrected chi connectivity index (χ2v) is 3.79. The summed E-state index contributed by atoms with van der Waals surface area (Å²) < 4.78 is 5.01. The number of benzene rings is 1. The van der Waals surface area contributed by atoms with Crippen LogP contribution in [0.1, 0.15) is 10.4 Å². The van der Waals surface area contributed by atoms with E-state index in [1.165, 1.54) is 31.5 Å². The molecule has 4 N–H and O–H groups in total. The zero-order valence-electron chi connectivity index (χ0n) is 10.3. The number of carbonyl (C=O) groups is 1. The first-order valence-electron chi connectivity index (χ1n) is 5.50. The average Bonchev–Trinajstić information content (AvgIpc) is 2.41. The summed E-state index contributed by atoms with van der Waals surface area (Å²) in [4.78, 5) is 16.0. The number of hydrogen-bond donors (Lipinski definition) is 3. The molecule has 98 valence electrons. The van der Waals surface area contributed by atoms with E-state index in [0.29, 0.717) is 11.3 Å². The van der Waals surface area contributed by atoms with Crippen molar-refractivity contribution in [3.8, 4) is 11.6 Å².